The van der Waals surface area contributed by atoms with Crippen molar-refractivity contribution >= 4 is 11.8 Å². The van der Waals surface area contributed by atoms with Gasteiger partial charge in [0.25, 0.3) is 0 Å². The van der Waals surface area contributed by atoms with Gasteiger partial charge in [0, 0.05) is 26.1 Å². The van der Waals surface area contributed by atoms with E-state index in [2.05, 4.69) is 0 Å². The third-order valence-electron chi connectivity index (χ3n) is 4.05. The summed E-state index contributed by atoms with van der Waals surface area (Å²) in [7, 11) is 0. The van der Waals surface area contributed by atoms with Gasteiger partial charge < -0.3 is 14.5 Å². The first kappa shape index (κ1) is 14.3. The first-order valence-electron chi connectivity index (χ1n) is 7.32. The Kier molecular flexibility index (Phi) is 4.80. The van der Waals surface area contributed by atoms with Gasteiger partial charge in [-0.1, -0.05) is 0 Å². The number of carbonyl (C=O) groups excluding carboxylic acids is 2. The van der Waals surface area contributed by atoms with Crippen molar-refractivity contribution in [3.63, 3.8) is 0 Å². The van der Waals surface area contributed by atoms with Gasteiger partial charge >= 0.3 is 0 Å². The molecular formula is C14H24N2O3. The molecule has 0 aliphatic carbocycles. The lowest BCUT2D eigenvalue weighted by Gasteiger charge is -2.36. The van der Waals surface area contributed by atoms with Gasteiger partial charge in [-0.15, -0.1) is 0 Å². The van der Waals surface area contributed by atoms with Crippen LogP contribution in [0.1, 0.15) is 39.5 Å². The summed E-state index contributed by atoms with van der Waals surface area (Å²) >= 11 is 0. The SMILES string of the molecule is CCOCC(C)N1CCC(=O)N2CCCCC2C1=O. The molecule has 2 rings (SSSR count). The fourth-order valence-corrected chi connectivity index (χ4v) is 2.96. The highest BCUT2D eigenvalue weighted by atomic mass is 16.5. The minimum Gasteiger partial charge on any atom is -0.380 e. The quantitative estimate of drug-likeness (QED) is 0.765. The van der Waals surface area contributed by atoms with Gasteiger partial charge in [-0.2, -0.15) is 0 Å². The fraction of sp³-hybridized carbons (Fsp3) is 0.857. The zero-order chi connectivity index (χ0) is 13.8. The van der Waals surface area contributed by atoms with E-state index in [1.54, 1.807) is 4.90 Å². The number of rotatable bonds is 4. The van der Waals surface area contributed by atoms with Crippen molar-refractivity contribution < 1.29 is 14.3 Å². The maximum Gasteiger partial charge on any atom is 0.245 e. The van der Waals surface area contributed by atoms with Gasteiger partial charge in [0.2, 0.25) is 11.8 Å². The summed E-state index contributed by atoms with van der Waals surface area (Å²) in [4.78, 5) is 28.3. The summed E-state index contributed by atoms with van der Waals surface area (Å²) in [6, 6.07) is -0.185. The Bertz CT molecular complexity index is 346. The van der Waals surface area contributed by atoms with Gasteiger partial charge in [0.1, 0.15) is 6.04 Å². The molecule has 2 aliphatic rings. The number of piperidine rings is 1. The average molecular weight is 268 g/mol. The highest BCUT2D eigenvalue weighted by Gasteiger charge is 2.38. The van der Waals surface area contributed by atoms with E-state index in [-0.39, 0.29) is 23.9 Å². The smallest absolute Gasteiger partial charge is 0.245 e. The molecule has 2 aliphatic heterocycles. The summed E-state index contributed by atoms with van der Waals surface area (Å²) in [6.45, 7) is 6.41. The number of hydrogen-bond donors (Lipinski definition) is 0. The first-order valence-corrected chi connectivity index (χ1v) is 7.32. The monoisotopic (exact) mass is 268 g/mol. The Labute approximate surface area is 114 Å². The second-order valence-corrected chi connectivity index (χ2v) is 5.39. The molecule has 0 N–H and O–H groups in total. The number of fused-ring (bicyclic) bond motifs is 1. The van der Waals surface area contributed by atoms with Crippen molar-refractivity contribution in [2.75, 3.05) is 26.3 Å². The van der Waals surface area contributed by atoms with E-state index < -0.39 is 0 Å². The van der Waals surface area contributed by atoms with Crippen LogP contribution in [0.2, 0.25) is 0 Å². The first-order chi connectivity index (χ1) is 9.15. The number of ether oxygens (including phenoxy) is 1. The number of amides is 2. The molecule has 108 valence electrons. The summed E-state index contributed by atoms with van der Waals surface area (Å²) in [6.07, 6.45) is 3.30. The van der Waals surface area contributed by atoms with Crippen LogP contribution in [0, 0.1) is 0 Å². The van der Waals surface area contributed by atoms with Crippen LogP contribution in [0.5, 0.6) is 0 Å². The maximum atomic E-state index is 12.6. The van der Waals surface area contributed by atoms with Gasteiger partial charge in [-0.25, -0.2) is 0 Å². The lowest BCUT2D eigenvalue weighted by molar-refractivity contribution is -0.144. The number of carbonyl (C=O) groups is 2. The van der Waals surface area contributed by atoms with Gasteiger partial charge in [-0.3, -0.25) is 9.59 Å². The Hall–Kier alpha value is -1.10. The predicted molar refractivity (Wildman–Crippen MR) is 71.6 cm³/mol. The molecule has 0 spiro atoms. The van der Waals surface area contributed by atoms with Crippen molar-refractivity contribution in [3.05, 3.63) is 0 Å². The minimum absolute atomic E-state index is 0.0436. The molecule has 2 fully saturated rings. The van der Waals surface area contributed by atoms with E-state index in [1.807, 2.05) is 18.7 Å². The van der Waals surface area contributed by atoms with E-state index in [4.69, 9.17) is 4.74 Å². The molecule has 2 amide bonds. The third kappa shape index (κ3) is 3.08. The van der Waals surface area contributed by atoms with Crippen LogP contribution in [0.15, 0.2) is 0 Å². The molecule has 2 unspecified atom stereocenters. The van der Waals surface area contributed by atoms with Crippen LogP contribution < -0.4 is 0 Å². The second kappa shape index (κ2) is 6.37. The van der Waals surface area contributed by atoms with E-state index in [9.17, 15) is 9.59 Å². The molecule has 0 aromatic rings. The second-order valence-electron chi connectivity index (χ2n) is 5.39. The van der Waals surface area contributed by atoms with Crippen LogP contribution in [0.3, 0.4) is 0 Å². The molecule has 0 saturated carbocycles. The molecule has 2 heterocycles. The third-order valence-corrected chi connectivity index (χ3v) is 4.05. The molecule has 5 heteroatoms. The van der Waals surface area contributed by atoms with Crippen LogP contribution in [0.25, 0.3) is 0 Å². The van der Waals surface area contributed by atoms with Crippen LogP contribution in [-0.2, 0) is 14.3 Å². The lowest BCUT2D eigenvalue weighted by atomic mass is 10.0. The molecular weight excluding hydrogens is 244 g/mol. The van der Waals surface area contributed by atoms with Crippen molar-refractivity contribution in [2.45, 2.75) is 51.6 Å². The van der Waals surface area contributed by atoms with E-state index in [0.717, 1.165) is 25.8 Å². The molecule has 5 nitrogen and oxygen atoms in total. The molecule has 0 radical (unpaired) electrons. The Morgan fingerprint density at radius 2 is 2.11 bits per heavy atom. The predicted octanol–water partition coefficient (Wildman–Crippen LogP) is 1.02. The summed E-state index contributed by atoms with van der Waals surface area (Å²) in [5, 5.41) is 0. The van der Waals surface area contributed by atoms with Crippen LogP contribution >= 0.6 is 0 Å². The van der Waals surface area contributed by atoms with Crippen molar-refractivity contribution in [3.8, 4) is 0 Å². The number of nitrogens with zero attached hydrogens (tertiary/aromatic N) is 2. The van der Waals surface area contributed by atoms with Crippen molar-refractivity contribution in [2.24, 2.45) is 0 Å². The molecule has 2 atom stereocenters. The largest absolute Gasteiger partial charge is 0.380 e. The van der Waals surface area contributed by atoms with Crippen molar-refractivity contribution in [1.82, 2.24) is 9.80 Å². The Morgan fingerprint density at radius 3 is 2.84 bits per heavy atom. The summed E-state index contributed by atoms with van der Waals surface area (Å²) in [5.74, 6) is 0.238. The fourth-order valence-electron chi connectivity index (χ4n) is 2.96. The topological polar surface area (TPSA) is 49.9 Å². The molecule has 0 aromatic heterocycles. The zero-order valence-corrected chi connectivity index (χ0v) is 11.9. The van der Waals surface area contributed by atoms with E-state index in [0.29, 0.717) is 26.2 Å². The molecule has 19 heavy (non-hydrogen) atoms. The van der Waals surface area contributed by atoms with Gasteiger partial charge in [0.05, 0.1) is 12.6 Å². The van der Waals surface area contributed by atoms with Crippen LogP contribution in [-0.4, -0.2) is 60.0 Å². The average Bonchev–Trinajstić information content (AvgIpc) is 2.56. The lowest BCUT2D eigenvalue weighted by Crippen LogP contribution is -2.52. The standard InChI is InChI=1S/C14H24N2O3/c1-3-19-10-11(2)15-9-7-13(17)16-8-5-4-6-12(16)14(15)18/h11-12H,3-10H2,1-2H3. The van der Waals surface area contributed by atoms with Gasteiger partial charge in [0.15, 0.2) is 0 Å². The maximum absolute atomic E-state index is 12.6. The molecule has 2 saturated heterocycles. The van der Waals surface area contributed by atoms with Crippen molar-refractivity contribution in [1.29, 1.82) is 0 Å². The normalized spacial score (nSPS) is 26.1. The Morgan fingerprint density at radius 1 is 1.32 bits per heavy atom. The van der Waals surface area contributed by atoms with E-state index in [1.165, 1.54) is 0 Å². The highest BCUT2D eigenvalue weighted by molar-refractivity contribution is 5.90. The minimum atomic E-state index is -0.229. The summed E-state index contributed by atoms with van der Waals surface area (Å²) < 4.78 is 5.41. The highest BCUT2D eigenvalue weighted by Crippen LogP contribution is 2.23. The molecule has 0 aromatic carbocycles. The number of hydrogen-bond acceptors (Lipinski definition) is 3. The van der Waals surface area contributed by atoms with Gasteiger partial charge in [-0.05, 0) is 33.1 Å². The van der Waals surface area contributed by atoms with E-state index >= 15 is 0 Å². The zero-order valence-electron chi connectivity index (χ0n) is 11.9. The van der Waals surface area contributed by atoms with Crippen LogP contribution in [0.4, 0.5) is 0 Å². The Balaban J connectivity index is 2.09. The molecule has 0 bridgehead atoms. The summed E-state index contributed by atoms with van der Waals surface area (Å²) in [5.41, 5.74) is 0.